The SMILES string of the molecule is C=C/C=C(C)\C=C/CC.CCCC. The Bertz CT molecular complexity index is 147. The summed E-state index contributed by atoms with van der Waals surface area (Å²) in [6.45, 7) is 12.1. The van der Waals surface area contributed by atoms with Crippen LogP contribution in [-0.4, -0.2) is 0 Å². The fraction of sp³-hybridized carbons (Fsp3) is 0.538. The van der Waals surface area contributed by atoms with Crippen molar-refractivity contribution in [1.82, 2.24) is 0 Å². The van der Waals surface area contributed by atoms with Gasteiger partial charge >= 0.3 is 0 Å². The third-order valence-electron chi connectivity index (χ3n) is 1.50. The number of unbranched alkanes of at least 4 members (excludes halogenated alkanes) is 1. The van der Waals surface area contributed by atoms with Gasteiger partial charge in [-0.05, 0) is 13.3 Å². The van der Waals surface area contributed by atoms with E-state index in [1.165, 1.54) is 18.4 Å². The van der Waals surface area contributed by atoms with Crippen LogP contribution in [-0.2, 0) is 0 Å². The molecule has 0 aromatic carbocycles. The quantitative estimate of drug-likeness (QED) is 0.540. The Kier molecular flexibility index (Phi) is 15.6. The molecule has 0 rings (SSSR count). The van der Waals surface area contributed by atoms with E-state index in [0.29, 0.717) is 0 Å². The normalized spacial score (nSPS) is 10.9. The maximum absolute atomic E-state index is 3.60. The molecular formula is C13H24. The molecule has 0 radical (unpaired) electrons. The summed E-state index contributed by atoms with van der Waals surface area (Å²) in [4.78, 5) is 0. The topological polar surface area (TPSA) is 0 Å². The van der Waals surface area contributed by atoms with Crippen LogP contribution in [0.25, 0.3) is 0 Å². The zero-order valence-corrected chi connectivity index (χ0v) is 9.64. The van der Waals surface area contributed by atoms with E-state index in [1.54, 1.807) is 6.08 Å². The van der Waals surface area contributed by atoms with Crippen LogP contribution in [0.2, 0.25) is 0 Å². The predicted molar refractivity (Wildman–Crippen MR) is 64.0 cm³/mol. The van der Waals surface area contributed by atoms with Gasteiger partial charge in [-0.3, -0.25) is 0 Å². The molecule has 0 aliphatic rings. The highest BCUT2D eigenvalue weighted by molar-refractivity contribution is 5.20. The maximum atomic E-state index is 3.60. The molecule has 0 amide bonds. The number of hydrogen-bond acceptors (Lipinski definition) is 0. The zero-order valence-electron chi connectivity index (χ0n) is 9.64. The van der Waals surface area contributed by atoms with Crippen molar-refractivity contribution >= 4 is 0 Å². The molecule has 0 N–H and O–H groups in total. The summed E-state index contributed by atoms with van der Waals surface area (Å²) >= 11 is 0. The first-order valence-corrected chi connectivity index (χ1v) is 5.18. The van der Waals surface area contributed by atoms with Crippen molar-refractivity contribution in [3.63, 3.8) is 0 Å². The number of rotatable bonds is 4. The fourth-order valence-electron chi connectivity index (χ4n) is 0.545. The second-order valence-electron chi connectivity index (χ2n) is 2.96. The van der Waals surface area contributed by atoms with Gasteiger partial charge in [0.15, 0.2) is 0 Å². The summed E-state index contributed by atoms with van der Waals surface area (Å²) < 4.78 is 0. The van der Waals surface area contributed by atoms with Gasteiger partial charge < -0.3 is 0 Å². The first-order chi connectivity index (χ1) is 6.22. The summed E-state index contributed by atoms with van der Waals surface area (Å²) in [6, 6.07) is 0. The van der Waals surface area contributed by atoms with Crippen LogP contribution in [0, 0.1) is 0 Å². The first-order valence-electron chi connectivity index (χ1n) is 5.18. The van der Waals surface area contributed by atoms with Crippen LogP contribution in [0.5, 0.6) is 0 Å². The lowest BCUT2D eigenvalue weighted by atomic mass is 10.2. The zero-order chi connectivity index (χ0) is 10.5. The molecule has 0 atom stereocenters. The van der Waals surface area contributed by atoms with Crippen molar-refractivity contribution in [1.29, 1.82) is 0 Å². The molecule has 0 heteroatoms. The van der Waals surface area contributed by atoms with Crippen molar-refractivity contribution in [2.45, 2.75) is 47.0 Å². The van der Waals surface area contributed by atoms with Crippen LogP contribution in [0.15, 0.2) is 36.5 Å². The highest BCUT2D eigenvalue weighted by atomic mass is 13.8. The van der Waals surface area contributed by atoms with E-state index < -0.39 is 0 Å². The molecule has 0 aromatic heterocycles. The highest BCUT2D eigenvalue weighted by Crippen LogP contribution is 1.95. The summed E-state index contributed by atoms with van der Waals surface area (Å²) in [5.41, 5.74) is 1.26. The standard InChI is InChI=1S/C9H14.C4H10/c1-4-6-8-9(3)7-5-2;1-3-4-2/h5-8H,2,4H2,1,3H3;3-4H2,1-2H3/b8-6-,9-7-;. The Labute approximate surface area is 84.1 Å². The average Bonchev–Trinajstić information content (AvgIpc) is 2.16. The Balaban J connectivity index is 0. The highest BCUT2D eigenvalue weighted by Gasteiger charge is 1.74. The Morgan fingerprint density at radius 2 is 1.69 bits per heavy atom. The molecule has 0 nitrogen and oxygen atoms in total. The van der Waals surface area contributed by atoms with E-state index in [4.69, 9.17) is 0 Å². The second-order valence-corrected chi connectivity index (χ2v) is 2.96. The average molecular weight is 180 g/mol. The second kappa shape index (κ2) is 13.8. The van der Waals surface area contributed by atoms with Gasteiger partial charge in [0.05, 0.1) is 0 Å². The van der Waals surface area contributed by atoms with Crippen molar-refractivity contribution in [2.24, 2.45) is 0 Å². The van der Waals surface area contributed by atoms with Gasteiger partial charge in [0, 0.05) is 0 Å². The van der Waals surface area contributed by atoms with Crippen LogP contribution in [0.4, 0.5) is 0 Å². The number of allylic oxidation sites excluding steroid dienone is 5. The van der Waals surface area contributed by atoms with Crippen molar-refractivity contribution in [2.75, 3.05) is 0 Å². The summed E-state index contributed by atoms with van der Waals surface area (Å²) in [6.07, 6.45) is 11.8. The minimum Gasteiger partial charge on any atom is -0.0991 e. The molecule has 13 heavy (non-hydrogen) atoms. The lowest BCUT2D eigenvalue weighted by molar-refractivity contribution is 0.886. The van der Waals surface area contributed by atoms with Crippen LogP contribution < -0.4 is 0 Å². The monoisotopic (exact) mass is 180 g/mol. The van der Waals surface area contributed by atoms with E-state index in [0.717, 1.165) is 6.42 Å². The van der Waals surface area contributed by atoms with Crippen molar-refractivity contribution in [3.8, 4) is 0 Å². The number of hydrogen-bond donors (Lipinski definition) is 0. The van der Waals surface area contributed by atoms with Gasteiger partial charge in [-0.1, -0.05) is 70.1 Å². The van der Waals surface area contributed by atoms with E-state index in [2.05, 4.69) is 46.4 Å². The van der Waals surface area contributed by atoms with E-state index in [-0.39, 0.29) is 0 Å². The Hall–Kier alpha value is -0.780. The summed E-state index contributed by atoms with van der Waals surface area (Å²) in [5, 5.41) is 0. The molecule has 0 saturated carbocycles. The molecule has 0 aromatic rings. The Morgan fingerprint density at radius 3 is 2.00 bits per heavy atom. The van der Waals surface area contributed by atoms with E-state index in [1.807, 2.05) is 6.08 Å². The molecule has 0 unspecified atom stereocenters. The Morgan fingerprint density at radius 1 is 1.15 bits per heavy atom. The van der Waals surface area contributed by atoms with E-state index >= 15 is 0 Å². The van der Waals surface area contributed by atoms with Crippen molar-refractivity contribution in [3.05, 3.63) is 36.5 Å². The predicted octanol–water partition coefficient (Wildman–Crippen LogP) is 4.89. The molecular weight excluding hydrogens is 156 g/mol. The molecule has 0 bridgehead atoms. The maximum Gasteiger partial charge on any atom is -0.0376 e. The minimum atomic E-state index is 1.10. The molecule has 76 valence electrons. The van der Waals surface area contributed by atoms with Gasteiger partial charge in [-0.15, -0.1) is 0 Å². The molecule has 0 aliphatic heterocycles. The summed E-state index contributed by atoms with van der Waals surface area (Å²) in [5.74, 6) is 0. The third kappa shape index (κ3) is 18.3. The fourth-order valence-corrected chi connectivity index (χ4v) is 0.545. The van der Waals surface area contributed by atoms with Gasteiger partial charge in [-0.2, -0.15) is 0 Å². The smallest absolute Gasteiger partial charge is 0.0376 e. The lowest BCUT2D eigenvalue weighted by Gasteiger charge is -1.84. The molecule has 0 aliphatic carbocycles. The first kappa shape index (κ1) is 14.7. The van der Waals surface area contributed by atoms with Crippen LogP contribution in [0.1, 0.15) is 47.0 Å². The third-order valence-corrected chi connectivity index (χ3v) is 1.50. The van der Waals surface area contributed by atoms with Gasteiger partial charge in [-0.25, -0.2) is 0 Å². The molecule has 0 spiro atoms. The van der Waals surface area contributed by atoms with Gasteiger partial charge in [0.1, 0.15) is 0 Å². The molecule has 0 saturated heterocycles. The molecule has 0 heterocycles. The largest absolute Gasteiger partial charge is 0.0991 e. The van der Waals surface area contributed by atoms with Gasteiger partial charge in [0.25, 0.3) is 0 Å². The van der Waals surface area contributed by atoms with E-state index in [9.17, 15) is 0 Å². The van der Waals surface area contributed by atoms with Gasteiger partial charge in [0.2, 0.25) is 0 Å². The van der Waals surface area contributed by atoms with Crippen LogP contribution >= 0.6 is 0 Å². The lowest BCUT2D eigenvalue weighted by Crippen LogP contribution is -1.63. The summed E-state index contributed by atoms with van der Waals surface area (Å²) in [7, 11) is 0. The molecule has 0 fully saturated rings. The van der Waals surface area contributed by atoms with Crippen molar-refractivity contribution < 1.29 is 0 Å². The van der Waals surface area contributed by atoms with Crippen LogP contribution in [0.3, 0.4) is 0 Å². The minimum absolute atomic E-state index is 1.10.